The molecule has 23 heavy (non-hydrogen) atoms. The van der Waals surface area contributed by atoms with Crippen molar-refractivity contribution >= 4 is 23.4 Å². The van der Waals surface area contributed by atoms with Crippen LogP contribution in [0, 0.1) is 0 Å². The number of aryl methyl sites for hydroxylation is 1. The third-order valence-electron chi connectivity index (χ3n) is 4.49. The number of carbonyl (C=O) groups is 2. The van der Waals surface area contributed by atoms with Gasteiger partial charge in [0.15, 0.2) is 5.78 Å². The summed E-state index contributed by atoms with van der Waals surface area (Å²) in [6, 6.07) is 12.4. The first-order valence-corrected chi connectivity index (χ1v) is 8.08. The number of fused-ring (bicyclic) bond motifs is 1. The lowest BCUT2D eigenvalue weighted by molar-refractivity contribution is 0.0696. The fraction of sp³-hybridized carbons (Fsp3) is 0.263. The maximum Gasteiger partial charge on any atom is 0.335 e. The van der Waals surface area contributed by atoms with E-state index in [4.69, 9.17) is 16.7 Å². The zero-order valence-corrected chi connectivity index (χ0v) is 13.3. The highest BCUT2D eigenvalue weighted by Crippen LogP contribution is 2.37. The van der Waals surface area contributed by atoms with Crippen molar-refractivity contribution < 1.29 is 14.7 Å². The van der Waals surface area contributed by atoms with E-state index in [2.05, 4.69) is 0 Å². The van der Waals surface area contributed by atoms with Gasteiger partial charge >= 0.3 is 5.97 Å². The fourth-order valence-corrected chi connectivity index (χ4v) is 3.49. The van der Waals surface area contributed by atoms with E-state index in [1.54, 1.807) is 30.3 Å². The number of benzene rings is 2. The van der Waals surface area contributed by atoms with Crippen molar-refractivity contribution in [1.29, 1.82) is 0 Å². The van der Waals surface area contributed by atoms with Crippen LogP contribution in [0.2, 0.25) is 5.02 Å². The Balaban J connectivity index is 1.72. The summed E-state index contributed by atoms with van der Waals surface area (Å²) < 4.78 is 0. The molecular weight excluding hydrogens is 312 g/mol. The molecule has 1 aliphatic carbocycles. The fourth-order valence-electron chi connectivity index (χ4n) is 3.25. The lowest BCUT2D eigenvalue weighted by Crippen LogP contribution is -2.04. The molecule has 1 atom stereocenters. The van der Waals surface area contributed by atoms with Gasteiger partial charge in [-0.15, -0.1) is 0 Å². The average Bonchev–Trinajstić information content (AvgIpc) is 2.95. The van der Waals surface area contributed by atoms with Gasteiger partial charge in [0.1, 0.15) is 0 Å². The summed E-state index contributed by atoms with van der Waals surface area (Å²) in [5.74, 6) is -0.625. The van der Waals surface area contributed by atoms with Gasteiger partial charge in [0, 0.05) is 12.0 Å². The topological polar surface area (TPSA) is 54.4 Å². The molecule has 0 saturated heterocycles. The van der Waals surface area contributed by atoms with E-state index in [9.17, 15) is 9.59 Å². The summed E-state index contributed by atoms with van der Waals surface area (Å²) in [4.78, 5) is 23.5. The zero-order valence-electron chi connectivity index (χ0n) is 12.6. The van der Waals surface area contributed by atoms with Crippen LogP contribution in [0.1, 0.15) is 57.0 Å². The van der Waals surface area contributed by atoms with Gasteiger partial charge in [-0.1, -0.05) is 29.8 Å². The van der Waals surface area contributed by atoms with Gasteiger partial charge in [-0.25, -0.2) is 4.79 Å². The number of aromatic carboxylic acids is 1. The minimum absolute atomic E-state index is 0.0402. The second-order valence-electron chi connectivity index (χ2n) is 5.90. The summed E-state index contributed by atoms with van der Waals surface area (Å²) >= 11 is 6.07. The van der Waals surface area contributed by atoms with E-state index in [1.165, 1.54) is 5.56 Å². The Bertz CT molecular complexity index is 767. The lowest BCUT2D eigenvalue weighted by atomic mass is 9.92. The predicted molar refractivity (Wildman–Crippen MR) is 89.5 cm³/mol. The summed E-state index contributed by atoms with van der Waals surface area (Å²) in [6.07, 6.45) is 3.06. The number of hydrogen-bond acceptors (Lipinski definition) is 2. The van der Waals surface area contributed by atoms with E-state index in [1.807, 2.05) is 12.1 Å². The number of ketones is 1. The molecule has 1 unspecified atom stereocenters. The highest BCUT2D eigenvalue weighted by atomic mass is 35.5. The first-order valence-electron chi connectivity index (χ1n) is 7.70. The molecule has 0 heterocycles. The Morgan fingerprint density at radius 2 is 1.96 bits per heavy atom. The van der Waals surface area contributed by atoms with Crippen LogP contribution in [0.3, 0.4) is 0 Å². The number of rotatable bonds is 5. The summed E-state index contributed by atoms with van der Waals surface area (Å²) in [7, 11) is 0. The number of hydrogen-bond donors (Lipinski definition) is 1. The molecule has 118 valence electrons. The van der Waals surface area contributed by atoms with Crippen LogP contribution in [-0.2, 0) is 6.42 Å². The van der Waals surface area contributed by atoms with E-state index in [0.717, 1.165) is 24.8 Å². The molecule has 3 nitrogen and oxygen atoms in total. The van der Waals surface area contributed by atoms with Crippen LogP contribution < -0.4 is 0 Å². The number of Topliss-reactive ketones (excluding diaryl/α,β-unsaturated/α-hetero) is 1. The second-order valence-corrected chi connectivity index (χ2v) is 6.30. The molecule has 0 saturated carbocycles. The molecule has 4 heteroatoms. The van der Waals surface area contributed by atoms with Crippen LogP contribution in [0.5, 0.6) is 0 Å². The Morgan fingerprint density at radius 3 is 2.70 bits per heavy atom. The van der Waals surface area contributed by atoms with Gasteiger partial charge in [0.2, 0.25) is 0 Å². The van der Waals surface area contributed by atoms with Gasteiger partial charge < -0.3 is 5.11 Å². The Morgan fingerprint density at radius 1 is 1.17 bits per heavy atom. The van der Waals surface area contributed by atoms with Gasteiger partial charge in [-0.2, -0.15) is 0 Å². The molecule has 0 radical (unpaired) electrons. The zero-order chi connectivity index (χ0) is 16.4. The summed E-state index contributed by atoms with van der Waals surface area (Å²) in [5.41, 5.74) is 3.15. The van der Waals surface area contributed by atoms with Gasteiger partial charge in [0.05, 0.1) is 10.6 Å². The van der Waals surface area contributed by atoms with Crippen LogP contribution in [0.25, 0.3) is 0 Å². The minimum Gasteiger partial charge on any atom is -0.478 e. The molecule has 0 aromatic heterocycles. The molecule has 0 spiro atoms. The van der Waals surface area contributed by atoms with Gasteiger partial charge in [0.25, 0.3) is 0 Å². The quantitative estimate of drug-likeness (QED) is 0.807. The van der Waals surface area contributed by atoms with E-state index in [-0.39, 0.29) is 11.7 Å². The third-order valence-corrected chi connectivity index (χ3v) is 4.82. The largest absolute Gasteiger partial charge is 0.478 e. The number of carbonyl (C=O) groups excluding carboxylic acids is 1. The number of halogens is 1. The van der Waals surface area contributed by atoms with Crippen LogP contribution in [0.15, 0.2) is 42.5 Å². The SMILES string of the molecule is O=C(O)c1ccc2c(c1)C(CCC(=O)c1ccccc1Cl)CC2. The lowest BCUT2D eigenvalue weighted by Gasteiger charge is -2.12. The molecule has 0 bridgehead atoms. The normalized spacial score (nSPS) is 16.1. The molecule has 1 N–H and O–H groups in total. The van der Waals surface area contributed by atoms with Crippen molar-refractivity contribution in [2.75, 3.05) is 0 Å². The highest BCUT2D eigenvalue weighted by Gasteiger charge is 2.24. The van der Waals surface area contributed by atoms with Crippen molar-refractivity contribution in [3.63, 3.8) is 0 Å². The van der Waals surface area contributed by atoms with Crippen molar-refractivity contribution in [1.82, 2.24) is 0 Å². The first kappa shape index (κ1) is 15.8. The molecule has 1 aliphatic rings. The van der Waals surface area contributed by atoms with Gasteiger partial charge in [-0.3, -0.25) is 4.79 Å². The minimum atomic E-state index is -0.911. The van der Waals surface area contributed by atoms with Crippen molar-refractivity contribution in [3.8, 4) is 0 Å². The molecular formula is C19H17ClO3. The molecule has 0 aliphatic heterocycles. The second kappa shape index (κ2) is 6.55. The smallest absolute Gasteiger partial charge is 0.335 e. The Hall–Kier alpha value is -2.13. The summed E-state index contributed by atoms with van der Waals surface area (Å²) in [6.45, 7) is 0. The van der Waals surface area contributed by atoms with Crippen LogP contribution in [-0.4, -0.2) is 16.9 Å². The van der Waals surface area contributed by atoms with Crippen molar-refractivity contribution in [2.24, 2.45) is 0 Å². The third kappa shape index (κ3) is 3.30. The maximum atomic E-state index is 12.3. The Kier molecular flexibility index (Phi) is 4.49. The molecule has 0 amide bonds. The predicted octanol–water partition coefficient (Wildman–Crippen LogP) is 4.73. The van der Waals surface area contributed by atoms with E-state index < -0.39 is 5.97 Å². The molecule has 3 rings (SSSR count). The standard InChI is InChI=1S/C19H17ClO3/c20-17-4-2-1-3-15(17)18(21)10-9-13-6-5-12-7-8-14(19(22)23)11-16(12)13/h1-4,7-8,11,13H,5-6,9-10H2,(H,22,23). The average molecular weight is 329 g/mol. The van der Waals surface area contributed by atoms with E-state index >= 15 is 0 Å². The van der Waals surface area contributed by atoms with Crippen molar-refractivity contribution in [3.05, 3.63) is 69.7 Å². The molecule has 0 fully saturated rings. The van der Waals surface area contributed by atoms with Gasteiger partial charge in [-0.05, 0) is 60.6 Å². The highest BCUT2D eigenvalue weighted by molar-refractivity contribution is 6.33. The number of carboxylic acid groups (broad SMARTS) is 1. The van der Waals surface area contributed by atoms with E-state index in [0.29, 0.717) is 22.6 Å². The maximum absolute atomic E-state index is 12.3. The monoisotopic (exact) mass is 328 g/mol. The van der Waals surface area contributed by atoms with Crippen molar-refractivity contribution in [2.45, 2.75) is 31.6 Å². The Labute approximate surface area is 139 Å². The van der Waals surface area contributed by atoms with Crippen LogP contribution in [0.4, 0.5) is 0 Å². The number of carboxylic acids is 1. The molecule has 2 aromatic rings. The van der Waals surface area contributed by atoms with Crippen LogP contribution >= 0.6 is 11.6 Å². The molecule has 2 aromatic carbocycles. The summed E-state index contributed by atoms with van der Waals surface area (Å²) in [5, 5.41) is 9.61. The first-order chi connectivity index (χ1) is 11.1.